The standard InChI is InChI=1S/C50H103N2O6P/c1-6-8-10-12-14-16-18-20-22-24-25-26-28-30-32-34-36-38-40-42-44-50(54)51-48(47-58-59(55,56)57-46-45-52(3,4)5)49(53)43-41-39-37-35-33-31-29-27-23-21-19-17-15-13-11-9-7-2/h48-49,53H,6-47H2,1-5H3,(H-,51,54,55,56)/t48-,49+/m0/s1. The number of phosphoric acid groups is 1. The molecule has 0 aromatic carbocycles. The number of hydrogen-bond acceptors (Lipinski definition) is 6. The first-order valence-corrected chi connectivity index (χ1v) is 27.3. The van der Waals surface area contributed by atoms with E-state index >= 15 is 0 Å². The van der Waals surface area contributed by atoms with E-state index < -0.39 is 20.0 Å². The van der Waals surface area contributed by atoms with Gasteiger partial charge in [-0.3, -0.25) is 9.36 Å². The van der Waals surface area contributed by atoms with Crippen molar-refractivity contribution < 1.29 is 32.9 Å². The predicted octanol–water partition coefficient (Wildman–Crippen LogP) is 14.3. The first-order valence-electron chi connectivity index (χ1n) is 25.9. The highest BCUT2D eigenvalue weighted by molar-refractivity contribution is 7.45. The van der Waals surface area contributed by atoms with Gasteiger partial charge in [-0.05, 0) is 12.8 Å². The van der Waals surface area contributed by atoms with Crippen molar-refractivity contribution in [2.45, 2.75) is 276 Å². The highest BCUT2D eigenvalue weighted by atomic mass is 31.2. The van der Waals surface area contributed by atoms with E-state index in [0.29, 0.717) is 23.9 Å². The molecule has 59 heavy (non-hydrogen) atoms. The molecule has 1 amide bonds. The molecule has 8 nitrogen and oxygen atoms in total. The highest BCUT2D eigenvalue weighted by Gasteiger charge is 2.24. The van der Waals surface area contributed by atoms with Crippen LogP contribution in [0.5, 0.6) is 0 Å². The van der Waals surface area contributed by atoms with Gasteiger partial charge in [0.2, 0.25) is 5.91 Å². The molecule has 0 aromatic rings. The van der Waals surface area contributed by atoms with Crippen LogP contribution in [0.15, 0.2) is 0 Å². The van der Waals surface area contributed by atoms with Gasteiger partial charge in [0.05, 0.1) is 39.9 Å². The number of nitrogens with one attached hydrogen (secondary N) is 1. The lowest BCUT2D eigenvalue weighted by Gasteiger charge is -2.30. The normalized spacial score (nSPS) is 14.1. The molecule has 0 saturated carbocycles. The summed E-state index contributed by atoms with van der Waals surface area (Å²) in [5.74, 6) is -0.158. The summed E-state index contributed by atoms with van der Waals surface area (Å²) in [4.78, 5) is 25.4. The Bertz CT molecular complexity index is 932. The SMILES string of the molecule is CCCCCCCCCCCCCCCCCCCCCCC(=O)N[C@@H](COP(=O)([O-])OCC[N+](C)(C)C)[C@H](O)CCCCCCCCCCCCCCCCCCC. The minimum Gasteiger partial charge on any atom is -0.756 e. The summed E-state index contributed by atoms with van der Waals surface area (Å²) in [6, 6.07) is -0.794. The summed E-state index contributed by atoms with van der Waals surface area (Å²) in [6.45, 7) is 4.76. The Labute approximate surface area is 368 Å². The Morgan fingerprint density at radius 3 is 1.15 bits per heavy atom. The second kappa shape index (κ2) is 42.8. The Balaban J connectivity index is 4.21. The molecule has 2 N–H and O–H groups in total. The molecule has 0 aromatic heterocycles. The van der Waals surface area contributed by atoms with E-state index in [9.17, 15) is 19.4 Å². The number of carbonyl (C=O) groups is 1. The van der Waals surface area contributed by atoms with Gasteiger partial charge in [0.25, 0.3) is 7.82 Å². The zero-order chi connectivity index (χ0) is 43.6. The number of phosphoric ester groups is 1. The van der Waals surface area contributed by atoms with E-state index in [2.05, 4.69) is 19.2 Å². The minimum atomic E-state index is -4.56. The zero-order valence-electron chi connectivity index (χ0n) is 40.2. The van der Waals surface area contributed by atoms with Crippen molar-refractivity contribution in [3.8, 4) is 0 Å². The summed E-state index contributed by atoms with van der Waals surface area (Å²) >= 11 is 0. The third-order valence-corrected chi connectivity index (χ3v) is 13.1. The van der Waals surface area contributed by atoms with Gasteiger partial charge in [-0.2, -0.15) is 0 Å². The third kappa shape index (κ3) is 45.3. The monoisotopic (exact) mass is 859 g/mol. The van der Waals surface area contributed by atoms with E-state index in [1.807, 2.05) is 21.1 Å². The van der Waals surface area contributed by atoms with Crippen molar-refractivity contribution in [3.05, 3.63) is 0 Å². The molecule has 9 heteroatoms. The average Bonchev–Trinajstić information content (AvgIpc) is 3.19. The fraction of sp³-hybridized carbons (Fsp3) is 0.980. The third-order valence-electron chi connectivity index (χ3n) is 12.1. The zero-order valence-corrected chi connectivity index (χ0v) is 41.1. The molecule has 0 aliphatic rings. The molecule has 0 heterocycles. The van der Waals surface area contributed by atoms with Gasteiger partial charge < -0.3 is 28.8 Å². The summed E-state index contributed by atoms with van der Waals surface area (Å²) in [6.07, 6.45) is 48.2. The molecular weight excluding hydrogens is 756 g/mol. The molecule has 354 valence electrons. The van der Waals surface area contributed by atoms with E-state index in [0.717, 1.165) is 38.5 Å². The van der Waals surface area contributed by atoms with E-state index in [1.54, 1.807) is 0 Å². The summed E-state index contributed by atoms with van der Waals surface area (Å²) in [7, 11) is 1.32. The van der Waals surface area contributed by atoms with Crippen molar-refractivity contribution in [2.24, 2.45) is 0 Å². The van der Waals surface area contributed by atoms with Crippen LogP contribution < -0.4 is 10.2 Å². The number of aliphatic hydroxyl groups excluding tert-OH is 1. The van der Waals surface area contributed by atoms with Crippen LogP contribution in [0.3, 0.4) is 0 Å². The van der Waals surface area contributed by atoms with Crippen molar-refractivity contribution in [1.82, 2.24) is 5.32 Å². The fourth-order valence-corrected chi connectivity index (χ4v) is 8.71. The first kappa shape index (κ1) is 58.5. The second-order valence-electron chi connectivity index (χ2n) is 19.2. The molecule has 0 aliphatic heterocycles. The van der Waals surface area contributed by atoms with Gasteiger partial charge in [0.1, 0.15) is 13.2 Å². The predicted molar refractivity (Wildman–Crippen MR) is 252 cm³/mol. The molecule has 0 spiro atoms. The molecule has 0 saturated heterocycles. The van der Waals surface area contributed by atoms with Gasteiger partial charge in [-0.15, -0.1) is 0 Å². The summed E-state index contributed by atoms with van der Waals surface area (Å²) < 4.78 is 23.4. The van der Waals surface area contributed by atoms with Gasteiger partial charge in [-0.25, -0.2) is 0 Å². The number of rotatable bonds is 48. The maximum atomic E-state index is 12.9. The van der Waals surface area contributed by atoms with E-state index in [1.165, 1.54) is 199 Å². The van der Waals surface area contributed by atoms with Gasteiger partial charge in [0, 0.05) is 6.42 Å². The van der Waals surface area contributed by atoms with E-state index in [-0.39, 0.29) is 19.1 Å². The van der Waals surface area contributed by atoms with Crippen molar-refractivity contribution in [1.29, 1.82) is 0 Å². The number of carbonyl (C=O) groups excluding carboxylic acids is 1. The Kier molecular flexibility index (Phi) is 42.4. The summed E-state index contributed by atoms with van der Waals surface area (Å²) in [5, 5.41) is 14.0. The molecule has 0 fully saturated rings. The van der Waals surface area contributed by atoms with Gasteiger partial charge in [0.15, 0.2) is 0 Å². The topological polar surface area (TPSA) is 108 Å². The smallest absolute Gasteiger partial charge is 0.268 e. The Morgan fingerprint density at radius 2 is 0.831 bits per heavy atom. The Hall–Kier alpha value is -0.500. The van der Waals surface area contributed by atoms with Gasteiger partial charge >= 0.3 is 0 Å². The molecular formula is C50H103N2O6P. The van der Waals surface area contributed by atoms with Crippen LogP contribution in [0, 0.1) is 0 Å². The fourth-order valence-electron chi connectivity index (χ4n) is 7.98. The maximum Gasteiger partial charge on any atom is 0.268 e. The largest absolute Gasteiger partial charge is 0.756 e. The number of unbranched alkanes of at least 4 members (excludes halogenated alkanes) is 35. The number of hydrogen-bond donors (Lipinski definition) is 2. The maximum absolute atomic E-state index is 12.9. The molecule has 0 rings (SSSR count). The van der Waals surface area contributed by atoms with Crippen molar-refractivity contribution in [2.75, 3.05) is 40.9 Å². The second-order valence-corrected chi connectivity index (χ2v) is 20.7. The van der Waals surface area contributed by atoms with Crippen LogP contribution in [-0.2, 0) is 18.4 Å². The molecule has 0 aliphatic carbocycles. The highest BCUT2D eigenvalue weighted by Crippen LogP contribution is 2.38. The average molecular weight is 859 g/mol. The number of likely N-dealkylation sites (N-methyl/N-ethyl adjacent to an activating group) is 1. The van der Waals surface area contributed by atoms with Crippen molar-refractivity contribution in [3.63, 3.8) is 0 Å². The van der Waals surface area contributed by atoms with E-state index in [4.69, 9.17) is 9.05 Å². The first-order chi connectivity index (χ1) is 28.5. The molecule has 0 bridgehead atoms. The van der Waals surface area contributed by atoms with Crippen LogP contribution >= 0.6 is 7.82 Å². The van der Waals surface area contributed by atoms with Crippen LogP contribution in [0.4, 0.5) is 0 Å². The molecule has 3 atom stereocenters. The van der Waals surface area contributed by atoms with Crippen LogP contribution in [0.25, 0.3) is 0 Å². The lowest BCUT2D eigenvalue weighted by atomic mass is 10.0. The Morgan fingerprint density at radius 1 is 0.525 bits per heavy atom. The molecule has 1 unspecified atom stereocenters. The van der Waals surface area contributed by atoms with Crippen molar-refractivity contribution >= 4 is 13.7 Å². The van der Waals surface area contributed by atoms with Crippen LogP contribution in [-0.4, -0.2) is 68.5 Å². The number of quaternary nitrogens is 1. The quantitative estimate of drug-likeness (QED) is 0.0358. The summed E-state index contributed by atoms with van der Waals surface area (Å²) in [5.41, 5.74) is 0. The lowest BCUT2D eigenvalue weighted by Crippen LogP contribution is -2.46. The number of aliphatic hydroxyl groups is 1. The number of nitrogens with zero attached hydrogens (tertiary/aromatic N) is 1. The lowest BCUT2D eigenvalue weighted by molar-refractivity contribution is -0.870. The number of amides is 1. The van der Waals surface area contributed by atoms with Crippen LogP contribution in [0.1, 0.15) is 264 Å². The minimum absolute atomic E-state index is 0.0164. The van der Waals surface area contributed by atoms with Crippen LogP contribution in [0.2, 0.25) is 0 Å². The van der Waals surface area contributed by atoms with Gasteiger partial charge in [-0.1, -0.05) is 245 Å². The molecule has 0 radical (unpaired) electrons.